The van der Waals surface area contributed by atoms with E-state index in [4.69, 9.17) is 4.42 Å². The summed E-state index contributed by atoms with van der Waals surface area (Å²) in [6.45, 7) is 7.39. The Bertz CT molecular complexity index is 1130. The molecule has 2 fully saturated rings. The Morgan fingerprint density at radius 3 is 2.84 bits per heavy atom. The molecular formula is C26H32FN3O2. The first kappa shape index (κ1) is 21.2. The van der Waals surface area contributed by atoms with Crippen LogP contribution in [0.5, 0.6) is 0 Å². The number of benzene rings is 1. The average molecular weight is 438 g/mol. The molecule has 3 atom stereocenters. The Balaban J connectivity index is 1.45. The zero-order chi connectivity index (χ0) is 22.5. The van der Waals surface area contributed by atoms with Crippen molar-refractivity contribution in [2.24, 2.45) is 11.8 Å². The number of aromatic nitrogens is 2. The number of H-pyrrole nitrogens is 1. The molecule has 0 radical (unpaired) electrons. The first-order valence-corrected chi connectivity index (χ1v) is 11.9. The molecule has 1 aliphatic heterocycles. The van der Waals surface area contributed by atoms with Gasteiger partial charge < -0.3 is 9.32 Å². The fourth-order valence-corrected chi connectivity index (χ4v) is 6.08. The molecule has 1 N–H and O–H groups in total. The predicted molar refractivity (Wildman–Crippen MR) is 123 cm³/mol. The van der Waals surface area contributed by atoms with Crippen molar-refractivity contribution in [2.75, 3.05) is 6.54 Å². The summed E-state index contributed by atoms with van der Waals surface area (Å²) < 4.78 is 18.9. The number of aromatic amines is 1. The molecule has 6 heteroatoms. The van der Waals surface area contributed by atoms with Gasteiger partial charge in [0.15, 0.2) is 0 Å². The van der Waals surface area contributed by atoms with Crippen LogP contribution in [0.1, 0.15) is 65.0 Å². The van der Waals surface area contributed by atoms with Gasteiger partial charge >= 0.3 is 0 Å². The van der Waals surface area contributed by atoms with Gasteiger partial charge in [-0.25, -0.2) is 0 Å². The van der Waals surface area contributed by atoms with Crippen LogP contribution >= 0.6 is 0 Å². The van der Waals surface area contributed by atoms with Crippen LogP contribution < -0.4 is 0 Å². The number of furan rings is 1. The van der Waals surface area contributed by atoms with Gasteiger partial charge in [-0.05, 0) is 43.2 Å². The van der Waals surface area contributed by atoms with Gasteiger partial charge in [-0.2, -0.15) is 9.49 Å². The standard InChI is InChI=1S/C26H32FN3O2/c1-16-7-4-11-20-17(16)9-6-14-30(20)23(31)15-26(2,3)25-24-18(21-12-13-22(27)32-21)8-5-10-19(24)28-29-25/h5,8,10,12-13,16-17,20H,4,6-7,9,11,14-15H2,1-3H3,(H,28,29). The third-order valence-corrected chi connectivity index (χ3v) is 7.73. The minimum atomic E-state index is -0.613. The first-order valence-electron chi connectivity index (χ1n) is 11.9. The second-order valence-corrected chi connectivity index (χ2v) is 10.3. The minimum absolute atomic E-state index is 0.225. The molecule has 0 spiro atoms. The highest BCUT2D eigenvalue weighted by molar-refractivity contribution is 5.96. The largest absolute Gasteiger partial charge is 0.431 e. The molecule has 3 aromatic rings. The van der Waals surface area contributed by atoms with Crippen molar-refractivity contribution in [3.8, 4) is 11.3 Å². The first-order chi connectivity index (χ1) is 15.3. The number of nitrogens with one attached hydrogen (secondary N) is 1. The van der Waals surface area contributed by atoms with E-state index in [1.54, 1.807) is 6.07 Å². The Morgan fingerprint density at radius 2 is 2.06 bits per heavy atom. The van der Waals surface area contributed by atoms with Gasteiger partial charge in [-0.15, -0.1) is 0 Å². The van der Waals surface area contributed by atoms with Gasteiger partial charge in [0.1, 0.15) is 5.76 Å². The number of carbonyl (C=O) groups excluding carboxylic acids is 1. The van der Waals surface area contributed by atoms with Crippen molar-refractivity contribution >= 4 is 16.8 Å². The number of piperidine rings is 1. The van der Waals surface area contributed by atoms with Crippen molar-refractivity contribution in [2.45, 2.75) is 70.8 Å². The highest BCUT2D eigenvalue weighted by Gasteiger charge is 2.40. The maximum atomic E-state index is 13.6. The molecule has 5 nitrogen and oxygen atoms in total. The zero-order valence-electron chi connectivity index (χ0n) is 19.2. The summed E-state index contributed by atoms with van der Waals surface area (Å²) in [4.78, 5) is 15.8. The van der Waals surface area contributed by atoms with Gasteiger partial charge in [0.05, 0.1) is 5.52 Å². The Kier molecular flexibility index (Phi) is 5.34. The van der Waals surface area contributed by atoms with E-state index in [1.807, 2.05) is 18.2 Å². The normalized spacial score (nSPS) is 24.0. The van der Waals surface area contributed by atoms with Crippen LogP contribution in [0.25, 0.3) is 22.2 Å². The summed E-state index contributed by atoms with van der Waals surface area (Å²) in [5.41, 5.74) is 2.00. The van der Waals surface area contributed by atoms with Gasteiger partial charge in [-0.3, -0.25) is 9.89 Å². The number of nitrogens with zero attached hydrogens (tertiary/aromatic N) is 2. The summed E-state index contributed by atoms with van der Waals surface area (Å²) in [6.07, 6.45) is 6.37. The molecule has 5 rings (SSSR count). The van der Waals surface area contributed by atoms with Gasteiger partial charge in [0.25, 0.3) is 6.01 Å². The molecule has 3 heterocycles. The van der Waals surface area contributed by atoms with Crippen LogP contribution in [0.15, 0.2) is 34.7 Å². The van der Waals surface area contributed by atoms with E-state index in [9.17, 15) is 9.18 Å². The molecular weight excluding hydrogens is 405 g/mol. The molecule has 3 unspecified atom stereocenters. The van der Waals surface area contributed by atoms with E-state index in [2.05, 4.69) is 35.9 Å². The molecule has 1 saturated carbocycles. The average Bonchev–Trinajstić information content (AvgIpc) is 3.40. The number of hydrogen-bond acceptors (Lipinski definition) is 3. The lowest BCUT2D eigenvalue weighted by atomic mass is 9.71. The maximum Gasteiger partial charge on any atom is 0.278 e. The third-order valence-electron chi connectivity index (χ3n) is 7.73. The van der Waals surface area contributed by atoms with Gasteiger partial charge in [0.2, 0.25) is 5.91 Å². The second-order valence-electron chi connectivity index (χ2n) is 10.3. The molecule has 32 heavy (non-hydrogen) atoms. The number of hydrogen-bond donors (Lipinski definition) is 1. The Morgan fingerprint density at radius 1 is 1.22 bits per heavy atom. The zero-order valence-corrected chi connectivity index (χ0v) is 19.2. The van der Waals surface area contributed by atoms with Crippen LogP contribution in [-0.4, -0.2) is 33.6 Å². The molecule has 2 aromatic heterocycles. The fraction of sp³-hybridized carbons (Fsp3) is 0.538. The lowest BCUT2D eigenvalue weighted by Crippen LogP contribution is -2.52. The lowest BCUT2D eigenvalue weighted by molar-refractivity contribution is -0.139. The van der Waals surface area contributed by atoms with Crippen molar-refractivity contribution < 1.29 is 13.6 Å². The second kappa shape index (κ2) is 8.05. The minimum Gasteiger partial charge on any atom is -0.431 e. The number of rotatable bonds is 4. The summed E-state index contributed by atoms with van der Waals surface area (Å²) >= 11 is 0. The monoisotopic (exact) mass is 437 g/mol. The van der Waals surface area contributed by atoms with Crippen LogP contribution in [0.4, 0.5) is 4.39 Å². The van der Waals surface area contributed by atoms with E-state index >= 15 is 0 Å². The fourth-order valence-electron chi connectivity index (χ4n) is 6.08. The van der Waals surface area contributed by atoms with Crippen molar-refractivity contribution in [1.29, 1.82) is 0 Å². The van der Waals surface area contributed by atoms with Crippen LogP contribution in [0.2, 0.25) is 0 Å². The van der Waals surface area contributed by atoms with Crippen molar-refractivity contribution in [3.63, 3.8) is 0 Å². The topological polar surface area (TPSA) is 62.1 Å². The molecule has 1 amide bonds. The summed E-state index contributed by atoms with van der Waals surface area (Å²) in [7, 11) is 0. The molecule has 1 aromatic carbocycles. The van der Waals surface area contributed by atoms with E-state index in [0.29, 0.717) is 30.1 Å². The highest BCUT2D eigenvalue weighted by atomic mass is 19.1. The number of carbonyl (C=O) groups is 1. The predicted octanol–water partition coefficient (Wildman–Crippen LogP) is 6.06. The number of amides is 1. The van der Waals surface area contributed by atoms with Gasteiger partial charge in [0, 0.05) is 47.1 Å². The Hall–Kier alpha value is -2.63. The van der Waals surface area contributed by atoms with Crippen molar-refractivity contribution in [1.82, 2.24) is 15.1 Å². The van der Waals surface area contributed by atoms with Crippen LogP contribution in [0, 0.1) is 17.8 Å². The number of halogens is 1. The SMILES string of the molecule is CC1CCCC2C1CCCN2C(=O)CC(C)(C)c1[nH]nc2cccc(-c3ccc(F)o3)c12. The summed E-state index contributed by atoms with van der Waals surface area (Å²) in [6, 6.07) is 8.45. The highest BCUT2D eigenvalue weighted by Crippen LogP contribution is 2.41. The number of fused-ring (bicyclic) bond motifs is 2. The van der Waals surface area contributed by atoms with E-state index in [1.165, 1.54) is 25.3 Å². The van der Waals surface area contributed by atoms with E-state index < -0.39 is 11.4 Å². The van der Waals surface area contributed by atoms with Crippen LogP contribution in [0.3, 0.4) is 0 Å². The number of likely N-dealkylation sites (tertiary alicyclic amines) is 1. The van der Waals surface area contributed by atoms with E-state index in [-0.39, 0.29) is 5.91 Å². The maximum absolute atomic E-state index is 13.6. The molecule has 2 aliphatic rings. The molecule has 170 valence electrons. The van der Waals surface area contributed by atoms with Crippen molar-refractivity contribution in [3.05, 3.63) is 42.0 Å². The summed E-state index contributed by atoms with van der Waals surface area (Å²) in [5.74, 6) is 2.03. The summed E-state index contributed by atoms with van der Waals surface area (Å²) in [5, 5.41) is 8.57. The van der Waals surface area contributed by atoms with E-state index in [0.717, 1.165) is 41.5 Å². The Labute approximate surface area is 188 Å². The quantitative estimate of drug-likeness (QED) is 0.540. The molecule has 0 bridgehead atoms. The third kappa shape index (κ3) is 3.63. The lowest BCUT2D eigenvalue weighted by Gasteiger charge is -2.47. The van der Waals surface area contributed by atoms with Gasteiger partial charge in [-0.1, -0.05) is 45.7 Å². The van der Waals surface area contributed by atoms with Crippen LogP contribution in [-0.2, 0) is 10.2 Å². The smallest absolute Gasteiger partial charge is 0.278 e. The molecule has 1 saturated heterocycles. The molecule has 1 aliphatic carbocycles.